The van der Waals surface area contributed by atoms with Gasteiger partial charge in [0, 0.05) is 29.0 Å². The minimum absolute atomic E-state index is 0.244. The molecule has 1 aliphatic rings. The average Bonchev–Trinajstić information content (AvgIpc) is 3.49. The van der Waals surface area contributed by atoms with Crippen molar-refractivity contribution in [1.82, 2.24) is 9.97 Å². The van der Waals surface area contributed by atoms with Crippen LogP contribution in [0.3, 0.4) is 0 Å². The number of amides is 1. The number of hydrogen-bond donors (Lipinski definition) is 2. The highest BCUT2D eigenvalue weighted by Gasteiger charge is 2.37. The molecule has 0 atom stereocenters. The van der Waals surface area contributed by atoms with Gasteiger partial charge in [-0.1, -0.05) is 23.7 Å². The van der Waals surface area contributed by atoms with E-state index in [-0.39, 0.29) is 16.3 Å². The first-order chi connectivity index (χ1) is 14.6. The second kappa shape index (κ2) is 8.22. The maximum absolute atomic E-state index is 12.9. The fourth-order valence-electron chi connectivity index (χ4n) is 2.91. The largest absolute Gasteiger partial charge is 0.325 e. The molecule has 7 nitrogen and oxygen atoms in total. The summed E-state index contributed by atoms with van der Waals surface area (Å²) >= 11 is 7.17. The number of carbonyl (C=O) groups is 1. The molecule has 1 aromatic carbocycles. The lowest BCUT2D eigenvalue weighted by Gasteiger charge is -2.21. The number of hydrogen-bond acceptors (Lipinski definition) is 6. The van der Waals surface area contributed by atoms with Gasteiger partial charge in [-0.05, 0) is 50.5 Å². The molecule has 1 saturated carbocycles. The summed E-state index contributed by atoms with van der Waals surface area (Å²) in [5.74, 6) is -0.244. The van der Waals surface area contributed by atoms with Crippen LogP contribution in [0.2, 0.25) is 5.02 Å². The molecule has 162 valence electrons. The third kappa shape index (κ3) is 4.89. The van der Waals surface area contributed by atoms with Gasteiger partial charge in [-0.25, -0.2) is 13.4 Å². The molecule has 1 amide bonds. The zero-order chi connectivity index (χ0) is 22.2. The number of benzene rings is 1. The van der Waals surface area contributed by atoms with Crippen LogP contribution in [0.1, 0.15) is 32.4 Å². The number of rotatable bonds is 7. The molecule has 1 fully saturated rings. The number of halogens is 1. The van der Waals surface area contributed by atoms with Crippen LogP contribution in [0.15, 0.2) is 48.1 Å². The van der Waals surface area contributed by atoms with Gasteiger partial charge >= 0.3 is 0 Å². The number of nitrogens with zero attached hydrogens (tertiary/aromatic N) is 2. The van der Waals surface area contributed by atoms with Crippen molar-refractivity contribution in [3.8, 4) is 11.1 Å². The summed E-state index contributed by atoms with van der Waals surface area (Å²) in [6.07, 6.45) is 4.64. The lowest BCUT2D eigenvalue weighted by atomic mass is 9.89. The van der Waals surface area contributed by atoms with Crippen molar-refractivity contribution in [2.75, 3.05) is 10.0 Å². The van der Waals surface area contributed by atoms with Gasteiger partial charge < -0.3 is 5.32 Å². The van der Waals surface area contributed by atoms with E-state index in [1.165, 1.54) is 11.3 Å². The van der Waals surface area contributed by atoms with Crippen molar-refractivity contribution in [3.05, 3.63) is 58.8 Å². The van der Waals surface area contributed by atoms with E-state index in [0.29, 0.717) is 29.2 Å². The predicted octanol–water partition coefficient (Wildman–Crippen LogP) is 4.68. The topological polar surface area (TPSA) is 101 Å². The predicted molar refractivity (Wildman–Crippen MR) is 124 cm³/mol. The Kier molecular flexibility index (Phi) is 5.76. The van der Waals surface area contributed by atoms with E-state index >= 15 is 0 Å². The highest BCUT2D eigenvalue weighted by Crippen LogP contribution is 2.33. The van der Waals surface area contributed by atoms with Gasteiger partial charge in [-0.2, -0.15) is 0 Å². The van der Waals surface area contributed by atoms with Crippen LogP contribution in [-0.4, -0.2) is 29.5 Å². The quantitative estimate of drug-likeness (QED) is 0.515. The number of aromatic nitrogens is 2. The van der Waals surface area contributed by atoms with Gasteiger partial charge in [0.15, 0.2) is 5.13 Å². The summed E-state index contributed by atoms with van der Waals surface area (Å²) in [6, 6.07) is 9.19. The highest BCUT2D eigenvalue weighted by atomic mass is 35.5. The molecule has 0 radical (unpaired) electrons. The Bertz CT molecular complexity index is 1220. The summed E-state index contributed by atoms with van der Waals surface area (Å²) in [5, 5.41) is 5.11. The van der Waals surface area contributed by atoms with Crippen molar-refractivity contribution in [3.63, 3.8) is 0 Å². The van der Waals surface area contributed by atoms with E-state index in [1.54, 1.807) is 43.8 Å². The molecule has 10 heteroatoms. The van der Waals surface area contributed by atoms with Crippen LogP contribution in [0, 0.1) is 0 Å². The Morgan fingerprint density at radius 2 is 1.87 bits per heavy atom. The smallest absolute Gasteiger partial charge is 0.237 e. The highest BCUT2D eigenvalue weighted by molar-refractivity contribution is 7.93. The van der Waals surface area contributed by atoms with Gasteiger partial charge in [-0.3, -0.25) is 14.5 Å². The normalized spacial score (nSPS) is 14.3. The summed E-state index contributed by atoms with van der Waals surface area (Å²) in [7, 11) is -3.39. The van der Waals surface area contributed by atoms with Crippen LogP contribution in [0.4, 0.5) is 10.8 Å². The molecular weight excluding hydrogens is 456 g/mol. The molecule has 4 rings (SSSR count). The molecule has 2 aromatic heterocycles. The minimum Gasteiger partial charge on any atom is -0.325 e. The molecule has 31 heavy (non-hydrogen) atoms. The Hall–Kier alpha value is -2.49. The standard InChI is InChI=1S/C21H21ClN4O3S2/c1-21(2,18-12-30-20(25-18)26-31(28,29)17-7-8-17)19(27)24-16-5-3-13(4-6-16)14-9-15(22)11-23-10-14/h3-6,9-12,17H,7-8H2,1-2H3,(H,24,27)(H,25,26). The van der Waals surface area contributed by atoms with Crippen LogP contribution in [0.5, 0.6) is 0 Å². The summed E-state index contributed by atoms with van der Waals surface area (Å²) in [5.41, 5.74) is 2.01. The Labute approximate surface area is 189 Å². The summed E-state index contributed by atoms with van der Waals surface area (Å²) in [6.45, 7) is 3.51. The van der Waals surface area contributed by atoms with Crippen LogP contribution < -0.4 is 10.0 Å². The molecule has 1 aliphatic carbocycles. The Morgan fingerprint density at radius 1 is 1.16 bits per heavy atom. The van der Waals surface area contributed by atoms with Crippen molar-refractivity contribution >= 4 is 49.7 Å². The van der Waals surface area contributed by atoms with Crippen molar-refractivity contribution in [2.24, 2.45) is 0 Å². The molecule has 0 saturated heterocycles. The van der Waals surface area contributed by atoms with Gasteiger partial charge in [0.2, 0.25) is 15.9 Å². The molecule has 3 aromatic rings. The molecule has 0 spiro atoms. The van der Waals surface area contributed by atoms with E-state index in [4.69, 9.17) is 11.6 Å². The SMILES string of the molecule is CC(C)(C(=O)Nc1ccc(-c2cncc(Cl)c2)cc1)c1csc(NS(=O)(=O)C2CC2)n1. The lowest BCUT2D eigenvalue weighted by molar-refractivity contribution is -0.120. The third-order valence-corrected chi connectivity index (χ3v) is 8.01. The number of anilines is 2. The molecule has 2 heterocycles. The molecule has 0 aliphatic heterocycles. The molecule has 0 unspecified atom stereocenters. The van der Waals surface area contributed by atoms with Crippen LogP contribution >= 0.6 is 22.9 Å². The van der Waals surface area contributed by atoms with Crippen LogP contribution in [0.25, 0.3) is 11.1 Å². The fraction of sp³-hybridized carbons (Fsp3) is 0.286. The lowest BCUT2D eigenvalue weighted by Crippen LogP contribution is -2.35. The number of sulfonamides is 1. The monoisotopic (exact) mass is 476 g/mol. The Balaban J connectivity index is 1.45. The zero-order valence-electron chi connectivity index (χ0n) is 16.9. The first-order valence-corrected chi connectivity index (χ1v) is 12.5. The first kappa shape index (κ1) is 21.7. The Morgan fingerprint density at radius 3 is 2.52 bits per heavy atom. The van der Waals surface area contributed by atoms with Gasteiger partial charge in [0.05, 0.1) is 21.4 Å². The zero-order valence-corrected chi connectivity index (χ0v) is 19.3. The molecule has 2 N–H and O–H groups in total. The van der Waals surface area contributed by atoms with Gasteiger partial charge in [-0.15, -0.1) is 11.3 Å². The van der Waals surface area contributed by atoms with E-state index in [0.717, 1.165) is 11.1 Å². The first-order valence-electron chi connectivity index (χ1n) is 9.65. The maximum Gasteiger partial charge on any atom is 0.237 e. The maximum atomic E-state index is 12.9. The number of nitrogens with one attached hydrogen (secondary N) is 2. The number of thiazole rings is 1. The average molecular weight is 477 g/mol. The minimum atomic E-state index is -3.39. The van der Waals surface area contributed by atoms with E-state index in [2.05, 4.69) is 20.0 Å². The summed E-state index contributed by atoms with van der Waals surface area (Å²) < 4.78 is 26.7. The van der Waals surface area contributed by atoms with Crippen molar-refractivity contribution < 1.29 is 13.2 Å². The third-order valence-electron chi connectivity index (χ3n) is 5.09. The fourth-order valence-corrected chi connectivity index (χ4v) is 5.56. The molecule has 0 bridgehead atoms. The van der Waals surface area contributed by atoms with Crippen LogP contribution in [-0.2, 0) is 20.2 Å². The second-order valence-corrected chi connectivity index (χ2v) is 11.2. The van der Waals surface area contributed by atoms with Gasteiger partial charge in [0.1, 0.15) is 0 Å². The van der Waals surface area contributed by atoms with E-state index in [1.807, 2.05) is 18.2 Å². The molecular formula is C21H21ClN4O3S2. The number of carbonyl (C=O) groups excluding carboxylic acids is 1. The summed E-state index contributed by atoms with van der Waals surface area (Å²) in [4.78, 5) is 21.4. The van der Waals surface area contributed by atoms with E-state index < -0.39 is 15.4 Å². The van der Waals surface area contributed by atoms with E-state index in [9.17, 15) is 13.2 Å². The second-order valence-electron chi connectivity index (χ2n) is 7.93. The van der Waals surface area contributed by atoms with Crippen molar-refractivity contribution in [2.45, 2.75) is 37.4 Å². The van der Waals surface area contributed by atoms with Crippen molar-refractivity contribution in [1.29, 1.82) is 0 Å². The number of pyridine rings is 1. The van der Waals surface area contributed by atoms with Gasteiger partial charge in [0.25, 0.3) is 0 Å².